The molecule has 1 heterocycles. The molecular formula is C16H11Cl2NO. The van der Waals surface area contributed by atoms with E-state index in [0.29, 0.717) is 10.6 Å². The first-order valence-electron chi connectivity index (χ1n) is 6.16. The molecule has 0 aliphatic rings. The lowest BCUT2D eigenvalue weighted by Crippen LogP contribution is -2.01. The van der Waals surface area contributed by atoms with Crippen molar-refractivity contribution in [1.82, 2.24) is 4.98 Å². The molecule has 4 heteroatoms. The molecule has 1 aromatic heterocycles. The molecule has 0 unspecified atom stereocenters. The maximum atomic E-state index is 12.2. The fourth-order valence-electron chi connectivity index (χ4n) is 2.33. The average molecular weight is 304 g/mol. The highest BCUT2D eigenvalue weighted by Gasteiger charge is 2.18. The van der Waals surface area contributed by atoms with Crippen LogP contribution in [0.15, 0.2) is 48.5 Å². The number of aromatic nitrogens is 1. The highest BCUT2D eigenvalue weighted by atomic mass is 35.5. The van der Waals surface area contributed by atoms with Gasteiger partial charge in [-0.25, -0.2) is 0 Å². The number of carbonyl (C=O) groups excluding carboxylic acids is 1. The van der Waals surface area contributed by atoms with Crippen molar-refractivity contribution in [3.05, 3.63) is 59.1 Å². The van der Waals surface area contributed by atoms with Crippen molar-refractivity contribution in [2.45, 2.75) is 0 Å². The summed E-state index contributed by atoms with van der Waals surface area (Å²) in [4.78, 5) is 15.5. The third-order valence-corrected chi connectivity index (χ3v) is 3.73. The van der Waals surface area contributed by atoms with E-state index in [1.165, 1.54) is 0 Å². The van der Waals surface area contributed by atoms with Crippen LogP contribution in [0.25, 0.3) is 22.2 Å². The van der Waals surface area contributed by atoms with Gasteiger partial charge in [0.05, 0.1) is 17.1 Å². The minimum absolute atomic E-state index is 0.0392. The zero-order valence-corrected chi connectivity index (χ0v) is 12.0. The molecule has 1 N–H and O–H groups in total. The lowest BCUT2D eigenvalue weighted by Gasteiger charge is -2.03. The number of benzene rings is 2. The van der Waals surface area contributed by atoms with Gasteiger partial charge in [0.2, 0.25) is 0 Å². The predicted molar refractivity (Wildman–Crippen MR) is 83.8 cm³/mol. The van der Waals surface area contributed by atoms with Crippen LogP contribution in [-0.2, 0) is 0 Å². The minimum Gasteiger partial charge on any atom is -0.354 e. The quantitative estimate of drug-likeness (QED) is 0.541. The fraction of sp³-hybridized carbons (Fsp3) is 0.0625. The van der Waals surface area contributed by atoms with Crippen LogP contribution in [0.5, 0.6) is 0 Å². The van der Waals surface area contributed by atoms with Crippen LogP contribution in [0.3, 0.4) is 0 Å². The third kappa shape index (κ3) is 2.21. The van der Waals surface area contributed by atoms with E-state index in [9.17, 15) is 4.79 Å². The number of para-hydroxylation sites is 1. The molecule has 0 aliphatic carbocycles. The number of ketones is 1. The van der Waals surface area contributed by atoms with Gasteiger partial charge in [-0.3, -0.25) is 4.79 Å². The van der Waals surface area contributed by atoms with Gasteiger partial charge in [-0.1, -0.05) is 41.9 Å². The van der Waals surface area contributed by atoms with E-state index in [1.54, 1.807) is 12.1 Å². The van der Waals surface area contributed by atoms with Gasteiger partial charge in [0, 0.05) is 15.9 Å². The molecule has 100 valence electrons. The molecule has 2 aromatic carbocycles. The van der Waals surface area contributed by atoms with E-state index >= 15 is 0 Å². The normalized spacial score (nSPS) is 10.9. The number of hydrogen-bond donors (Lipinski definition) is 1. The first-order chi connectivity index (χ1) is 9.70. The molecule has 0 saturated carbocycles. The van der Waals surface area contributed by atoms with Crippen molar-refractivity contribution in [3.63, 3.8) is 0 Å². The molecule has 3 rings (SSSR count). The molecule has 0 saturated heterocycles. The molecule has 20 heavy (non-hydrogen) atoms. The Morgan fingerprint density at radius 1 is 1.05 bits per heavy atom. The Morgan fingerprint density at radius 3 is 2.45 bits per heavy atom. The zero-order chi connectivity index (χ0) is 14.1. The van der Waals surface area contributed by atoms with E-state index < -0.39 is 0 Å². The standard InChI is InChI=1S/C16H11Cl2NO/c17-9-14(20)15-12-3-1-2-4-13(12)19-16(15)10-5-7-11(18)8-6-10/h1-8,19H,9H2. The summed E-state index contributed by atoms with van der Waals surface area (Å²) in [7, 11) is 0. The summed E-state index contributed by atoms with van der Waals surface area (Å²) in [5, 5.41) is 1.55. The van der Waals surface area contributed by atoms with E-state index in [2.05, 4.69) is 4.98 Å². The number of aromatic amines is 1. The van der Waals surface area contributed by atoms with Crippen molar-refractivity contribution >= 4 is 39.9 Å². The molecule has 2 nitrogen and oxygen atoms in total. The van der Waals surface area contributed by atoms with E-state index in [1.807, 2.05) is 36.4 Å². The Hall–Kier alpha value is -1.77. The van der Waals surface area contributed by atoms with Gasteiger partial charge in [-0.2, -0.15) is 0 Å². The van der Waals surface area contributed by atoms with Crippen molar-refractivity contribution in [3.8, 4) is 11.3 Å². The molecular weight excluding hydrogens is 293 g/mol. The number of fused-ring (bicyclic) bond motifs is 1. The van der Waals surface area contributed by atoms with Crippen molar-refractivity contribution in [2.24, 2.45) is 0 Å². The van der Waals surface area contributed by atoms with Crippen molar-refractivity contribution in [1.29, 1.82) is 0 Å². The molecule has 0 spiro atoms. The lowest BCUT2D eigenvalue weighted by molar-refractivity contribution is 0.102. The number of carbonyl (C=O) groups is 1. The molecule has 0 bridgehead atoms. The number of nitrogens with one attached hydrogen (secondary N) is 1. The van der Waals surface area contributed by atoms with Gasteiger partial charge in [-0.05, 0) is 23.8 Å². The second kappa shape index (κ2) is 5.31. The first kappa shape index (κ1) is 13.2. The van der Waals surface area contributed by atoms with Crippen LogP contribution in [0.2, 0.25) is 5.02 Å². The average Bonchev–Trinajstić information content (AvgIpc) is 2.86. The maximum Gasteiger partial charge on any atom is 0.180 e. The van der Waals surface area contributed by atoms with Gasteiger partial charge >= 0.3 is 0 Å². The highest BCUT2D eigenvalue weighted by molar-refractivity contribution is 6.33. The lowest BCUT2D eigenvalue weighted by atomic mass is 10.0. The van der Waals surface area contributed by atoms with E-state index in [0.717, 1.165) is 22.2 Å². The molecule has 0 radical (unpaired) electrons. The number of halogens is 2. The fourth-order valence-corrected chi connectivity index (χ4v) is 2.59. The topological polar surface area (TPSA) is 32.9 Å². The zero-order valence-electron chi connectivity index (χ0n) is 10.5. The van der Waals surface area contributed by atoms with Crippen molar-refractivity contribution < 1.29 is 4.79 Å². The van der Waals surface area contributed by atoms with Crippen molar-refractivity contribution in [2.75, 3.05) is 5.88 Å². The van der Waals surface area contributed by atoms with Crippen LogP contribution in [0, 0.1) is 0 Å². The third-order valence-electron chi connectivity index (χ3n) is 3.24. The molecule has 3 aromatic rings. The van der Waals surface area contributed by atoms with Gasteiger partial charge in [0.15, 0.2) is 5.78 Å². The number of rotatable bonds is 3. The van der Waals surface area contributed by atoms with E-state index in [-0.39, 0.29) is 11.7 Å². The molecule has 0 fully saturated rings. The second-order valence-corrected chi connectivity index (χ2v) is 5.19. The summed E-state index contributed by atoms with van der Waals surface area (Å²) >= 11 is 11.7. The highest BCUT2D eigenvalue weighted by Crippen LogP contribution is 2.31. The van der Waals surface area contributed by atoms with Gasteiger partial charge in [0.1, 0.15) is 0 Å². The van der Waals surface area contributed by atoms with E-state index in [4.69, 9.17) is 23.2 Å². The van der Waals surface area contributed by atoms with Gasteiger partial charge in [0.25, 0.3) is 0 Å². The summed E-state index contributed by atoms with van der Waals surface area (Å²) in [6, 6.07) is 15.1. The number of alkyl halides is 1. The monoisotopic (exact) mass is 303 g/mol. The van der Waals surface area contributed by atoms with Crippen LogP contribution in [0.4, 0.5) is 0 Å². The Bertz CT molecular complexity index is 775. The van der Waals surface area contributed by atoms with Gasteiger partial charge in [-0.15, -0.1) is 11.6 Å². The smallest absolute Gasteiger partial charge is 0.180 e. The summed E-state index contributed by atoms with van der Waals surface area (Å²) in [5.41, 5.74) is 3.26. The Kier molecular flexibility index (Phi) is 3.51. The molecule has 0 atom stereocenters. The Labute approximate surface area is 126 Å². The Balaban J connectivity index is 2.29. The Morgan fingerprint density at radius 2 is 1.75 bits per heavy atom. The second-order valence-electron chi connectivity index (χ2n) is 4.48. The summed E-state index contributed by atoms with van der Waals surface area (Å²) in [6.07, 6.45) is 0. The first-order valence-corrected chi connectivity index (χ1v) is 7.08. The number of H-pyrrole nitrogens is 1. The van der Waals surface area contributed by atoms with Crippen LogP contribution < -0.4 is 0 Å². The summed E-state index contributed by atoms with van der Waals surface area (Å²) in [5.74, 6) is -0.128. The number of Topliss-reactive ketones (excluding diaryl/α,β-unsaturated/α-hetero) is 1. The largest absolute Gasteiger partial charge is 0.354 e. The predicted octanol–water partition coefficient (Wildman–Crippen LogP) is 4.91. The van der Waals surface area contributed by atoms with Gasteiger partial charge < -0.3 is 4.98 Å². The summed E-state index contributed by atoms with van der Waals surface area (Å²) < 4.78 is 0. The van der Waals surface area contributed by atoms with Crippen LogP contribution in [0.1, 0.15) is 10.4 Å². The SMILES string of the molecule is O=C(CCl)c1c(-c2ccc(Cl)cc2)[nH]c2ccccc12. The van der Waals surface area contributed by atoms with Crippen LogP contribution in [-0.4, -0.2) is 16.6 Å². The molecule has 0 aliphatic heterocycles. The number of hydrogen-bond acceptors (Lipinski definition) is 1. The maximum absolute atomic E-state index is 12.2. The summed E-state index contributed by atoms with van der Waals surface area (Å²) in [6.45, 7) is 0. The van der Waals surface area contributed by atoms with Crippen LogP contribution >= 0.6 is 23.2 Å². The minimum atomic E-state index is -0.0888. The molecule has 0 amide bonds.